The molecule has 0 radical (unpaired) electrons. The molecule has 0 heterocycles. The maximum absolute atomic E-state index is 12.5. The van der Waals surface area contributed by atoms with Crippen LogP contribution in [0, 0.1) is 10.1 Å². The highest BCUT2D eigenvalue weighted by Crippen LogP contribution is 2.39. The molecule has 0 atom stereocenters. The van der Waals surface area contributed by atoms with E-state index in [2.05, 4.69) is 0 Å². The van der Waals surface area contributed by atoms with Crippen LogP contribution in [0.2, 0.25) is 0 Å². The molecule has 0 aliphatic carbocycles. The van der Waals surface area contributed by atoms with Gasteiger partial charge in [-0.3, -0.25) is 14.7 Å². The van der Waals surface area contributed by atoms with Gasteiger partial charge in [0, 0.05) is 6.07 Å². The first-order valence-electron chi connectivity index (χ1n) is 4.07. The number of rotatable bonds is 2. The van der Waals surface area contributed by atoms with E-state index in [1.807, 2.05) is 0 Å². The van der Waals surface area contributed by atoms with Gasteiger partial charge in [0.05, 0.1) is 10.6 Å². The van der Waals surface area contributed by atoms with Crippen molar-refractivity contribution in [3.05, 3.63) is 27.8 Å². The second kappa shape index (κ2) is 4.10. The average molecular weight is 286 g/mol. The van der Waals surface area contributed by atoms with E-state index < -0.39 is 43.1 Å². The zero-order valence-electron chi connectivity index (χ0n) is 8.30. The number of nitro benzene ring substituents is 1. The zero-order valence-corrected chi connectivity index (χ0v) is 9.12. The van der Waals surface area contributed by atoms with Crippen molar-refractivity contribution in [3.8, 4) is 0 Å². The predicted octanol–water partition coefficient (Wildman–Crippen LogP) is 1.44. The van der Waals surface area contributed by atoms with Gasteiger partial charge in [-0.25, -0.2) is 0 Å². The molecule has 100 valence electrons. The Morgan fingerprint density at radius 2 is 1.83 bits per heavy atom. The molecule has 11 heteroatoms. The molecule has 1 aromatic carbocycles. The summed E-state index contributed by atoms with van der Waals surface area (Å²) in [4.78, 5) is 7.83. The lowest BCUT2D eigenvalue weighted by Gasteiger charge is -2.10. The van der Waals surface area contributed by atoms with Crippen LogP contribution in [-0.4, -0.2) is 17.9 Å². The number of nitrogens with two attached hydrogens (primary N) is 1. The van der Waals surface area contributed by atoms with Gasteiger partial charge >= 0.3 is 6.18 Å². The maximum Gasteiger partial charge on any atom is 0.423 e. The highest BCUT2D eigenvalue weighted by Gasteiger charge is 2.40. The number of benzene rings is 1. The van der Waals surface area contributed by atoms with E-state index >= 15 is 0 Å². The van der Waals surface area contributed by atoms with Crippen LogP contribution >= 0.6 is 0 Å². The summed E-state index contributed by atoms with van der Waals surface area (Å²) in [6.07, 6.45) is -5.16. The minimum absolute atomic E-state index is 0.0806. The van der Waals surface area contributed by atoms with E-state index in [4.69, 9.17) is 10.3 Å². The summed E-state index contributed by atoms with van der Waals surface area (Å²) in [7, 11) is -5.01. The van der Waals surface area contributed by atoms with Crippen molar-refractivity contribution in [2.24, 2.45) is 0 Å². The Morgan fingerprint density at radius 3 is 2.17 bits per heavy atom. The first-order valence-corrected chi connectivity index (χ1v) is 5.51. The minimum Gasteiger partial charge on any atom is -0.397 e. The van der Waals surface area contributed by atoms with Crippen LogP contribution in [0.25, 0.3) is 0 Å². The standard InChI is InChI=1S/C7H5F3N2O5S/c8-7(9,10)3-1-6(18(15,16)17)4(11)2-5(3)12(13)14/h1-2H,11H2,(H,15,16,17). The summed E-state index contributed by atoms with van der Waals surface area (Å²) in [6, 6.07) is 0.148. The first kappa shape index (κ1) is 14.2. The third kappa shape index (κ3) is 2.68. The molecule has 0 unspecified atom stereocenters. The van der Waals surface area contributed by atoms with Crippen molar-refractivity contribution < 1.29 is 31.1 Å². The van der Waals surface area contributed by atoms with Gasteiger partial charge in [0.2, 0.25) is 0 Å². The number of halogens is 3. The summed E-state index contributed by atoms with van der Waals surface area (Å²) >= 11 is 0. The lowest BCUT2D eigenvalue weighted by Crippen LogP contribution is -2.12. The van der Waals surface area contributed by atoms with Crippen molar-refractivity contribution >= 4 is 21.5 Å². The van der Waals surface area contributed by atoms with Gasteiger partial charge in [-0.05, 0) is 6.07 Å². The Balaban J connectivity index is 3.73. The molecule has 0 saturated heterocycles. The lowest BCUT2D eigenvalue weighted by molar-refractivity contribution is -0.388. The normalized spacial score (nSPS) is 12.4. The Bertz CT molecular complexity index is 610. The molecular weight excluding hydrogens is 281 g/mol. The fraction of sp³-hybridized carbons (Fsp3) is 0.143. The molecule has 0 fully saturated rings. The van der Waals surface area contributed by atoms with Crippen molar-refractivity contribution in [1.82, 2.24) is 0 Å². The van der Waals surface area contributed by atoms with E-state index in [1.165, 1.54) is 0 Å². The molecule has 0 amide bonds. The first-order chi connectivity index (χ1) is 7.94. The van der Waals surface area contributed by atoms with Gasteiger partial charge < -0.3 is 5.73 Å². The van der Waals surface area contributed by atoms with Crippen molar-refractivity contribution in [1.29, 1.82) is 0 Å². The smallest absolute Gasteiger partial charge is 0.397 e. The summed E-state index contributed by atoms with van der Waals surface area (Å²) in [5.74, 6) is 0. The minimum atomic E-state index is -5.16. The van der Waals surface area contributed by atoms with E-state index in [1.54, 1.807) is 0 Å². The number of nitrogen functional groups attached to an aromatic ring is 1. The van der Waals surface area contributed by atoms with Gasteiger partial charge in [-0.1, -0.05) is 0 Å². The highest BCUT2D eigenvalue weighted by atomic mass is 32.2. The summed E-state index contributed by atoms with van der Waals surface area (Å²) in [5.41, 5.74) is 0.990. The number of anilines is 1. The molecule has 0 aromatic heterocycles. The van der Waals surface area contributed by atoms with Gasteiger partial charge in [0.25, 0.3) is 15.8 Å². The van der Waals surface area contributed by atoms with Crippen molar-refractivity contribution in [2.75, 3.05) is 5.73 Å². The van der Waals surface area contributed by atoms with Crippen LogP contribution in [0.1, 0.15) is 5.56 Å². The van der Waals surface area contributed by atoms with Crippen LogP contribution in [0.15, 0.2) is 17.0 Å². The number of alkyl halides is 3. The van der Waals surface area contributed by atoms with E-state index in [9.17, 15) is 31.7 Å². The number of nitrogens with zero attached hydrogens (tertiary/aromatic N) is 1. The Labute approximate surface area is 97.9 Å². The summed E-state index contributed by atoms with van der Waals surface area (Å²) < 4.78 is 67.6. The second-order valence-corrected chi connectivity index (χ2v) is 4.53. The molecule has 1 aromatic rings. The monoisotopic (exact) mass is 286 g/mol. The molecular formula is C7H5F3N2O5S. The van der Waals surface area contributed by atoms with Crippen LogP contribution in [0.3, 0.4) is 0 Å². The lowest BCUT2D eigenvalue weighted by atomic mass is 10.1. The van der Waals surface area contributed by atoms with Gasteiger partial charge in [0.1, 0.15) is 10.5 Å². The number of hydrogen-bond donors (Lipinski definition) is 2. The fourth-order valence-corrected chi connectivity index (χ4v) is 1.81. The summed E-state index contributed by atoms with van der Waals surface area (Å²) in [6.45, 7) is 0. The quantitative estimate of drug-likeness (QED) is 0.367. The van der Waals surface area contributed by atoms with Crippen LogP contribution in [0.4, 0.5) is 24.5 Å². The molecule has 3 N–H and O–H groups in total. The van der Waals surface area contributed by atoms with E-state index in [-0.39, 0.29) is 12.1 Å². The van der Waals surface area contributed by atoms with Crippen LogP contribution in [0.5, 0.6) is 0 Å². The molecule has 0 saturated carbocycles. The Morgan fingerprint density at radius 1 is 1.33 bits per heavy atom. The third-order valence-corrected chi connectivity index (χ3v) is 2.82. The Hall–Kier alpha value is -1.88. The fourth-order valence-electron chi connectivity index (χ4n) is 1.19. The third-order valence-electron chi connectivity index (χ3n) is 1.91. The molecule has 0 bridgehead atoms. The highest BCUT2D eigenvalue weighted by molar-refractivity contribution is 7.86. The van der Waals surface area contributed by atoms with Gasteiger partial charge in [-0.2, -0.15) is 21.6 Å². The van der Waals surface area contributed by atoms with Gasteiger partial charge in [-0.15, -0.1) is 0 Å². The molecule has 18 heavy (non-hydrogen) atoms. The van der Waals surface area contributed by atoms with Crippen molar-refractivity contribution in [2.45, 2.75) is 11.1 Å². The van der Waals surface area contributed by atoms with Crippen LogP contribution in [-0.2, 0) is 16.3 Å². The van der Waals surface area contributed by atoms with E-state index in [0.29, 0.717) is 0 Å². The molecule has 7 nitrogen and oxygen atoms in total. The maximum atomic E-state index is 12.5. The average Bonchev–Trinajstić information content (AvgIpc) is 2.12. The summed E-state index contributed by atoms with van der Waals surface area (Å²) in [5, 5.41) is 10.4. The number of nitro groups is 1. The molecule has 0 spiro atoms. The molecule has 1 rings (SSSR count). The predicted molar refractivity (Wildman–Crippen MR) is 52.3 cm³/mol. The van der Waals surface area contributed by atoms with E-state index in [0.717, 1.165) is 0 Å². The van der Waals surface area contributed by atoms with Gasteiger partial charge in [0.15, 0.2) is 0 Å². The van der Waals surface area contributed by atoms with Crippen LogP contribution < -0.4 is 5.73 Å². The van der Waals surface area contributed by atoms with Crippen molar-refractivity contribution in [3.63, 3.8) is 0 Å². The SMILES string of the molecule is Nc1cc([N+](=O)[O-])c(C(F)(F)F)cc1S(=O)(=O)O. The Kier molecular flexibility index (Phi) is 3.23. The number of hydrogen-bond acceptors (Lipinski definition) is 5. The molecule has 0 aliphatic heterocycles. The largest absolute Gasteiger partial charge is 0.423 e. The molecule has 0 aliphatic rings. The second-order valence-electron chi connectivity index (χ2n) is 3.14. The zero-order chi connectivity index (χ0) is 14.3. The topological polar surface area (TPSA) is 124 Å².